The molecule has 2 saturated heterocycles. The second kappa shape index (κ2) is 14.3. The molecular formula is C33H38Cl2N10O4. The van der Waals surface area contributed by atoms with Crippen LogP contribution in [0, 0.1) is 0 Å². The Morgan fingerprint density at radius 3 is 2.49 bits per heavy atom. The van der Waals surface area contributed by atoms with Crippen molar-refractivity contribution in [2.24, 2.45) is 5.10 Å². The SMILES string of the molecule is CCC(C)N1N=CN(c2ccc(N3CCN(c4ccc(OC[C@@H]5CO[C@@](Cn6cnnn6)(c6ccc(Cl)cc6Cl)O5)cn4)CC3)cc2)C1O. The lowest BCUT2D eigenvalue weighted by molar-refractivity contribution is -0.190. The van der Waals surface area contributed by atoms with Crippen LogP contribution in [0.25, 0.3) is 0 Å². The summed E-state index contributed by atoms with van der Waals surface area (Å²) in [5.41, 5.74) is 2.67. The molecule has 7 rings (SSSR count). The van der Waals surface area contributed by atoms with Gasteiger partial charge in [-0.25, -0.2) is 14.7 Å². The highest BCUT2D eigenvalue weighted by atomic mass is 35.5. The molecule has 258 valence electrons. The summed E-state index contributed by atoms with van der Waals surface area (Å²) in [7, 11) is 0. The van der Waals surface area contributed by atoms with Gasteiger partial charge in [0.2, 0.25) is 12.1 Å². The molecule has 0 spiro atoms. The van der Waals surface area contributed by atoms with E-state index in [9.17, 15) is 5.11 Å². The number of ether oxygens (including phenoxy) is 3. The van der Waals surface area contributed by atoms with Crippen molar-refractivity contribution < 1.29 is 19.3 Å². The van der Waals surface area contributed by atoms with Crippen LogP contribution in [0.15, 0.2) is 72.2 Å². The van der Waals surface area contributed by atoms with Crippen LogP contribution in [0.2, 0.25) is 10.0 Å². The predicted octanol–water partition coefficient (Wildman–Crippen LogP) is 4.19. The highest BCUT2D eigenvalue weighted by Crippen LogP contribution is 2.40. The average Bonchev–Trinajstić information content (AvgIpc) is 3.88. The maximum absolute atomic E-state index is 10.7. The van der Waals surface area contributed by atoms with Crippen molar-refractivity contribution in [3.8, 4) is 5.75 Å². The minimum atomic E-state index is -1.21. The van der Waals surface area contributed by atoms with Gasteiger partial charge in [-0.15, -0.1) is 5.10 Å². The number of benzene rings is 2. The van der Waals surface area contributed by atoms with Gasteiger partial charge in [0, 0.05) is 54.2 Å². The topological polar surface area (TPSA) is 130 Å². The van der Waals surface area contributed by atoms with Crippen molar-refractivity contribution in [1.82, 2.24) is 30.2 Å². The van der Waals surface area contributed by atoms with Gasteiger partial charge < -0.3 is 29.1 Å². The normalized spacial score (nSPS) is 23.0. The molecule has 0 amide bonds. The van der Waals surface area contributed by atoms with E-state index in [4.69, 9.17) is 37.4 Å². The number of hydrogen-bond acceptors (Lipinski definition) is 13. The number of piperazine rings is 1. The van der Waals surface area contributed by atoms with Crippen molar-refractivity contribution in [3.05, 3.63) is 82.7 Å². The molecular weight excluding hydrogens is 671 g/mol. The second-order valence-electron chi connectivity index (χ2n) is 12.2. The number of aliphatic hydroxyl groups is 1. The van der Waals surface area contributed by atoms with Gasteiger partial charge >= 0.3 is 0 Å². The van der Waals surface area contributed by atoms with Gasteiger partial charge in [0.1, 0.15) is 43.5 Å². The van der Waals surface area contributed by atoms with Crippen molar-refractivity contribution in [3.63, 3.8) is 0 Å². The lowest BCUT2D eigenvalue weighted by atomic mass is 10.1. The summed E-state index contributed by atoms with van der Waals surface area (Å²) in [6.07, 6.45) is 4.64. The number of hydrazone groups is 1. The summed E-state index contributed by atoms with van der Waals surface area (Å²) in [6, 6.07) is 17.5. The Morgan fingerprint density at radius 1 is 1.02 bits per heavy atom. The first-order valence-corrected chi connectivity index (χ1v) is 17.0. The van der Waals surface area contributed by atoms with E-state index in [0.29, 0.717) is 21.4 Å². The molecule has 0 radical (unpaired) electrons. The smallest absolute Gasteiger partial charge is 0.228 e. The van der Waals surface area contributed by atoms with Gasteiger partial charge in [-0.2, -0.15) is 5.10 Å². The number of aromatic nitrogens is 5. The number of rotatable bonds is 11. The van der Waals surface area contributed by atoms with Crippen LogP contribution in [0.5, 0.6) is 5.75 Å². The predicted molar refractivity (Wildman–Crippen MR) is 186 cm³/mol. The van der Waals surface area contributed by atoms with E-state index >= 15 is 0 Å². The molecule has 2 aromatic heterocycles. The standard InChI is InChI=1S/C33H38Cl2N10O4/c1-3-23(2)45-32(46)44(22-38-45)26-7-5-25(6-8-26)41-12-14-42(15-13-41)31-11-9-27(17-36-31)47-18-28-19-48-33(49-28,20-43-21-37-39-40-43)29-10-4-24(34)16-30(29)35/h4-11,16-17,21-23,28,32,46H,3,12-15,18-20H2,1-2H3/t23?,28-,32?,33-/m1/s1. The fourth-order valence-corrected chi connectivity index (χ4v) is 6.73. The number of hydrogen-bond donors (Lipinski definition) is 1. The number of aliphatic hydroxyl groups excluding tert-OH is 1. The summed E-state index contributed by atoms with van der Waals surface area (Å²) in [6.45, 7) is 8.25. The lowest BCUT2D eigenvalue weighted by Gasteiger charge is -2.37. The fourth-order valence-electron chi connectivity index (χ4n) is 6.17. The molecule has 2 fully saturated rings. The number of pyridine rings is 1. The van der Waals surface area contributed by atoms with Crippen molar-refractivity contribution in [1.29, 1.82) is 0 Å². The fraction of sp³-hybridized carbons (Fsp3) is 0.424. The van der Waals surface area contributed by atoms with Gasteiger partial charge in [0.05, 0.1) is 17.8 Å². The van der Waals surface area contributed by atoms with Crippen LogP contribution in [0.4, 0.5) is 17.2 Å². The van der Waals surface area contributed by atoms with E-state index < -0.39 is 12.1 Å². The maximum atomic E-state index is 10.7. The maximum Gasteiger partial charge on any atom is 0.228 e. The monoisotopic (exact) mass is 708 g/mol. The Labute approximate surface area is 294 Å². The minimum Gasteiger partial charge on any atom is -0.489 e. The molecule has 0 aliphatic carbocycles. The largest absolute Gasteiger partial charge is 0.489 e. The Balaban J connectivity index is 0.910. The van der Waals surface area contributed by atoms with Gasteiger partial charge in [-0.05, 0) is 72.3 Å². The third kappa shape index (κ3) is 7.10. The highest BCUT2D eigenvalue weighted by Gasteiger charge is 2.46. The highest BCUT2D eigenvalue weighted by molar-refractivity contribution is 6.35. The van der Waals surface area contributed by atoms with E-state index in [2.05, 4.69) is 61.4 Å². The van der Waals surface area contributed by atoms with E-state index in [0.717, 1.165) is 49.8 Å². The molecule has 0 saturated carbocycles. The van der Waals surface area contributed by atoms with E-state index in [1.807, 2.05) is 24.3 Å². The second-order valence-corrected chi connectivity index (χ2v) is 13.1. The number of nitrogens with zero attached hydrogens (tertiary/aromatic N) is 10. The van der Waals surface area contributed by atoms with Gasteiger partial charge in [-0.1, -0.05) is 36.2 Å². The summed E-state index contributed by atoms with van der Waals surface area (Å²) in [4.78, 5) is 11.1. The van der Waals surface area contributed by atoms with E-state index in [-0.39, 0.29) is 31.9 Å². The summed E-state index contributed by atoms with van der Waals surface area (Å²) >= 11 is 12.7. The molecule has 3 aliphatic rings. The third-order valence-electron chi connectivity index (χ3n) is 9.07. The molecule has 14 nitrogen and oxygen atoms in total. The molecule has 2 unspecified atom stereocenters. The minimum absolute atomic E-state index is 0.157. The molecule has 2 aromatic carbocycles. The van der Waals surface area contributed by atoms with Crippen molar-refractivity contribution in [2.75, 3.05) is 54.1 Å². The van der Waals surface area contributed by atoms with Crippen LogP contribution >= 0.6 is 23.2 Å². The molecule has 4 atom stereocenters. The zero-order valence-electron chi connectivity index (χ0n) is 27.2. The molecule has 0 bridgehead atoms. The molecule has 5 heterocycles. The summed E-state index contributed by atoms with van der Waals surface area (Å²) in [5, 5.41) is 29.2. The Bertz CT molecular complexity index is 1720. The number of halogens is 2. The molecule has 3 aliphatic heterocycles. The zero-order chi connectivity index (χ0) is 34.0. The first-order chi connectivity index (χ1) is 23.8. The van der Waals surface area contributed by atoms with Crippen LogP contribution in [0.3, 0.4) is 0 Å². The van der Waals surface area contributed by atoms with Crippen molar-refractivity contribution in [2.45, 2.75) is 51.1 Å². The zero-order valence-corrected chi connectivity index (χ0v) is 28.7. The molecule has 4 aromatic rings. The van der Waals surface area contributed by atoms with Crippen LogP contribution in [0.1, 0.15) is 25.8 Å². The van der Waals surface area contributed by atoms with E-state index in [1.54, 1.807) is 40.6 Å². The van der Waals surface area contributed by atoms with Crippen LogP contribution < -0.4 is 19.4 Å². The lowest BCUT2D eigenvalue weighted by Crippen LogP contribution is -2.46. The van der Waals surface area contributed by atoms with Gasteiger partial charge in [0.15, 0.2) is 0 Å². The quantitative estimate of drug-likeness (QED) is 0.240. The van der Waals surface area contributed by atoms with Gasteiger partial charge in [0.25, 0.3) is 0 Å². The number of anilines is 3. The summed E-state index contributed by atoms with van der Waals surface area (Å²) in [5.74, 6) is 0.320. The Hall–Kier alpha value is -4.21. The van der Waals surface area contributed by atoms with Gasteiger partial charge in [-0.3, -0.25) is 4.90 Å². The average molecular weight is 710 g/mol. The first-order valence-electron chi connectivity index (χ1n) is 16.3. The number of tetrazole rings is 1. The van der Waals surface area contributed by atoms with Crippen molar-refractivity contribution >= 4 is 46.7 Å². The first kappa shape index (κ1) is 33.3. The Morgan fingerprint density at radius 2 is 1.80 bits per heavy atom. The summed E-state index contributed by atoms with van der Waals surface area (Å²) < 4.78 is 20.2. The Kier molecular flexibility index (Phi) is 9.74. The molecule has 16 heteroatoms. The van der Waals surface area contributed by atoms with Crippen LogP contribution in [-0.2, 0) is 21.8 Å². The molecule has 1 N–H and O–H groups in total. The third-order valence-corrected chi connectivity index (χ3v) is 9.62. The van der Waals surface area contributed by atoms with Crippen LogP contribution in [-0.4, -0.2) is 99.5 Å². The molecule has 49 heavy (non-hydrogen) atoms. The van der Waals surface area contributed by atoms with E-state index in [1.165, 1.54) is 11.0 Å².